The van der Waals surface area contributed by atoms with E-state index in [0.29, 0.717) is 0 Å². The lowest BCUT2D eigenvalue weighted by Crippen LogP contribution is -2.26. The summed E-state index contributed by atoms with van der Waals surface area (Å²) in [7, 11) is -4.29. The van der Waals surface area contributed by atoms with E-state index < -0.39 is 10.4 Å². The van der Waals surface area contributed by atoms with Crippen LogP contribution in [-0.2, 0) is 14.6 Å². The van der Waals surface area contributed by atoms with Crippen LogP contribution in [0, 0.1) is 5.41 Å². The molecule has 0 aliphatic heterocycles. The first-order valence-corrected chi connectivity index (χ1v) is 5.87. The molecule has 0 spiro atoms. The Bertz CT molecular complexity index is 225. The van der Waals surface area contributed by atoms with Crippen LogP contribution in [0.5, 0.6) is 0 Å². The molecule has 4 N–H and O–H groups in total. The molecule has 14 heavy (non-hydrogen) atoms. The predicted octanol–water partition coefficient (Wildman–Crippen LogP) is 2.18. The van der Waals surface area contributed by atoms with Gasteiger partial charge in [0.2, 0.25) is 0 Å². The van der Waals surface area contributed by atoms with Crippen LogP contribution in [0.15, 0.2) is 0 Å². The third-order valence-electron chi connectivity index (χ3n) is 2.76. The number of hydrogen-bond acceptors (Lipinski definition) is 4. The van der Waals surface area contributed by atoms with Crippen molar-refractivity contribution in [2.45, 2.75) is 40.0 Å². The summed E-state index contributed by atoms with van der Waals surface area (Å²) in [6.45, 7) is 6.02. The van der Waals surface area contributed by atoms with Crippen molar-refractivity contribution >= 4 is 10.4 Å². The Morgan fingerprint density at radius 3 is 1.71 bits per heavy atom. The largest absolute Gasteiger partial charge is 0.397 e. The van der Waals surface area contributed by atoms with Crippen molar-refractivity contribution in [3.63, 3.8) is 0 Å². The average Bonchev–Trinajstić information content (AvgIpc) is 2.06. The summed E-state index contributed by atoms with van der Waals surface area (Å²) in [5.74, 6) is 0. The summed E-state index contributed by atoms with van der Waals surface area (Å²) in [6.07, 6.45) is 2.53. The SMILES string of the molecule is CCC(CC)(CC)COS(=O)(=O)O.N. The number of hydrogen-bond donors (Lipinski definition) is 2. The van der Waals surface area contributed by atoms with Crippen LogP contribution in [0.2, 0.25) is 0 Å². The van der Waals surface area contributed by atoms with Crippen LogP contribution in [0.1, 0.15) is 40.0 Å². The second-order valence-electron chi connectivity index (χ2n) is 3.25. The molecule has 0 aromatic heterocycles. The average molecular weight is 227 g/mol. The predicted molar refractivity (Wildman–Crippen MR) is 55.8 cm³/mol. The molecule has 0 aliphatic carbocycles. The van der Waals surface area contributed by atoms with Crippen LogP contribution in [0.3, 0.4) is 0 Å². The molecular weight excluding hydrogens is 206 g/mol. The van der Waals surface area contributed by atoms with Gasteiger partial charge in [0.05, 0.1) is 6.61 Å². The molecule has 0 aromatic rings. The van der Waals surface area contributed by atoms with Crippen LogP contribution in [0.4, 0.5) is 0 Å². The van der Waals surface area contributed by atoms with Crippen LogP contribution < -0.4 is 6.15 Å². The minimum atomic E-state index is -4.29. The van der Waals surface area contributed by atoms with Crippen molar-refractivity contribution in [3.05, 3.63) is 0 Å². The van der Waals surface area contributed by atoms with E-state index in [1.54, 1.807) is 0 Å². The topological polar surface area (TPSA) is 98.6 Å². The van der Waals surface area contributed by atoms with Crippen LogP contribution >= 0.6 is 0 Å². The van der Waals surface area contributed by atoms with E-state index in [1.807, 2.05) is 20.8 Å². The molecule has 0 amide bonds. The van der Waals surface area contributed by atoms with Gasteiger partial charge in [-0.15, -0.1) is 0 Å². The molecule has 0 aromatic carbocycles. The van der Waals surface area contributed by atoms with Gasteiger partial charge in [0, 0.05) is 0 Å². The summed E-state index contributed by atoms with van der Waals surface area (Å²) in [4.78, 5) is 0. The summed E-state index contributed by atoms with van der Waals surface area (Å²) in [5, 5.41) is 0. The highest BCUT2D eigenvalue weighted by molar-refractivity contribution is 7.80. The molecule has 88 valence electrons. The molecule has 0 atom stereocenters. The first-order chi connectivity index (χ1) is 5.89. The lowest BCUT2D eigenvalue weighted by Gasteiger charge is -2.28. The fourth-order valence-electron chi connectivity index (χ4n) is 1.26. The smallest absolute Gasteiger partial charge is 0.344 e. The molecule has 0 heterocycles. The molecular formula is C8H21NO4S. The van der Waals surface area contributed by atoms with Gasteiger partial charge in [-0.1, -0.05) is 20.8 Å². The van der Waals surface area contributed by atoms with Gasteiger partial charge in [0.25, 0.3) is 0 Å². The highest BCUT2D eigenvalue weighted by Crippen LogP contribution is 2.30. The quantitative estimate of drug-likeness (QED) is 0.677. The Morgan fingerprint density at radius 1 is 1.14 bits per heavy atom. The third-order valence-corrected chi connectivity index (χ3v) is 3.18. The van der Waals surface area contributed by atoms with Crippen LogP contribution in [-0.4, -0.2) is 19.6 Å². The molecule has 0 saturated carbocycles. The monoisotopic (exact) mass is 227 g/mol. The zero-order valence-electron chi connectivity index (χ0n) is 9.12. The fourth-order valence-corrected chi connectivity index (χ4v) is 1.65. The minimum Gasteiger partial charge on any atom is -0.344 e. The highest BCUT2D eigenvalue weighted by atomic mass is 32.3. The van der Waals surface area contributed by atoms with Gasteiger partial charge in [-0.2, -0.15) is 8.42 Å². The maximum Gasteiger partial charge on any atom is 0.397 e. The maximum atomic E-state index is 10.4. The van der Waals surface area contributed by atoms with E-state index in [1.165, 1.54) is 0 Å². The molecule has 0 saturated heterocycles. The van der Waals surface area contributed by atoms with E-state index in [-0.39, 0.29) is 18.2 Å². The van der Waals surface area contributed by atoms with Gasteiger partial charge in [0.15, 0.2) is 0 Å². The normalized spacial score (nSPS) is 12.3. The third kappa shape index (κ3) is 5.54. The van der Waals surface area contributed by atoms with Gasteiger partial charge in [-0.05, 0) is 24.7 Å². The Labute approximate surface area is 86.4 Å². The fraction of sp³-hybridized carbons (Fsp3) is 1.00. The van der Waals surface area contributed by atoms with Crippen molar-refractivity contribution in [1.82, 2.24) is 6.15 Å². The van der Waals surface area contributed by atoms with E-state index in [9.17, 15) is 8.42 Å². The first kappa shape index (κ1) is 16.3. The van der Waals surface area contributed by atoms with Gasteiger partial charge < -0.3 is 6.15 Å². The van der Waals surface area contributed by atoms with Gasteiger partial charge in [0.1, 0.15) is 0 Å². The summed E-state index contributed by atoms with van der Waals surface area (Å²) in [6, 6.07) is 0. The van der Waals surface area contributed by atoms with E-state index in [0.717, 1.165) is 19.3 Å². The molecule has 0 rings (SSSR count). The second-order valence-corrected chi connectivity index (χ2v) is 4.34. The molecule has 0 radical (unpaired) electrons. The molecule has 0 aliphatic rings. The first-order valence-electron chi connectivity index (χ1n) is 4.51. The Kier molecular flexibility index (Phi) is 7.37. The minimum absolute atomic E-state index is 0. The van der Waals surface area contributed by atoms with Crippen molar-refractivity contribution in [2.75, 3.05) is 6.61 Å². The van der Waals surface area contributed by atoms with Gasteiger partial charge in [-0.3, -0.25) is 4.55 Å². The zero-order valence-corrected chi connectivity index (χ0v) is 9.93. The van der Waals surface area contributed by atoms with Crippen LogP contribution in [0.25, 0.3) is 0 Å². The lowest BCUT2D eigenvalue weighted by molar-refractivity contribution is 0.120. The van der Waals surface area contributed by atoms with Crippen molar-refractivity contribution < 1.29 is 17.2 Å². The number of rotatable bonds is 6. The highest BCUT2D eigenvalue weighted by Gasteiger charge is 2.26. The molecule has 0 unspecified atom stereocenters. The van der Waals surface area contributed by atoms with E-state index >= 15 is 0 Å². The van der Waals surface area contributed by atoms with Crippen molar-refractivity contribution in [1.29, 1.82) is 0 Å². The molecule has 0 fully saturated rings. The Hall–Kier alpha value is -0.170. The van der Waals surface area contributed by atoms with Gasteiger partial charge in [-0.25, -0.2) is 4.18 Å². The Morgan fingerprint density at radius 2 is 1.50 bits per heavy atom. The van der Waals surface area contributed by atoms with E-state index in [4.69, 9.17) is 4.55 Å². The Balaban J connectivity index is 0. The summed E-state index contributed by atoms with van der Waals surface area (Å²) in [5.41, 5.74) is -0.129. The van der Waals surface area contributed by atoms with Crippen molar-refractivity contribution in [2.24, 2.45) is 5.41 Å². The van der Waals surface area contributed by atoms with Crippen molar-refractivity contribution in [3.8, 4) is 0 Å². The summed E-state index contributed by atoms with van der Waals surface area (Å²) < 4.78 is 33.5. The summed E-state index contributed by atoms with van der Waals surface area (Å²) >= 11 is 0. The van der Waals surface area contributed by atoms with E-state index in [2.05, 4.69) is 4.18 Å². The molecule has 6 heteroatoms. The maximum absolute atomic E-state index is 10.4. The second kappa shape index (κ2) is 6.34. The standard InChI is InChI=1S/C8H18O4S.H3N/c1-4-8(5-2,6-3)7-12-13(9,10)11;/h4-7H2,1-3H3,(H,9,10,11);1H3. The molecule has 0 bridgehead atoms. The molecule has 5 nitrogen and oxygen atoms in total. The zero-order chi connectivity index (χ0) is 10.5. The lowest BCUT2D eigenvalue weighted by atomic mass is 9.81. The van der Waals surface area contributed by atoms with Gasteiger partial charge >= 0.3 is 10.4 Å².